The van der Waals surface area contributed by atoms with Crippen LogP contribution in [0.5, 0.6) is 5.75 Å². The number of nitrogens with zero attached hydrogens (tertiary/aromatic N) is 4. The standard InChI is InChI=1S/C15H9ClF4N4O/c1-25-11-6-21-5-4-8(11)13-10(3-2-9(16)14(13)17)24-7-12(22-23-24)15(18,19)20/h2-7H,1H3. The minimum atomic E-state index is -4.67. The van der Waals surface area contributed by atoms with E-state index in [-0.39, 0.29) is 27.6 Å². The van der Waals surface area contributed by atoms with Gasteiger partial charge in [-0.3, -0.25) is 4.98 Å². The maximum Gasteiger partial charge on any atom is 0.436 e. The number of benzene rings is 1. The molecule has 10 heteroatoms. The molecule has 130 valence electrons. The van der Waals surface area contributed by atoms with E-state index in [0.717, 1.165) is 4.68 Å². The van der Waals surface area contributed by atoms with Crippen molar-refractivity contribution in [2.75, 3.05) is 7.11 Å². The van der Waals surface area contributed by atoms with Crippen LogP contribution in [-0.4, -0.2) is 27.1 Å². The number of hydrogen-bond donors (Lipinski definition) is 0. The van der Waals surface area contributed by atoms with Crippen molar-refractivity contribution in [2.24, 2.45) is 0 Å². The number of hydrogen-bond acceptors (Lipinski definition) is 4. The van der Waals surface area contributed by atoms with Crippen molar-refractivity contribution in [1.29, 1.82) is 0 Å². The summed E-state index contributed by atoms with van der Waals surface area (Å²) in [7, 11) is 1.36. The van der Waals surface area contributed by atoms with Gasteiger partial charge in [0, 0.05) is 17.3 Å². The molecule has 0 unspecified atom stereocenters. The Kier molecular flexibility index (Phi) is 4.34. The summed E-state index contributed by atoms with van der Waals surface area (Å²) in [6, 6.07) is 4.02. The molecule has 3 aromatic rings. The van der Waals surface area contributed by atoms with Crippen molar-refractivity contribution in [3.8, 4) is 22.6 Å². The second kappa shape index (κ2) is 6.32. The highest BCUT2D eigenvalue weighted by atomic mass is 35.5. The second-order valence-corrected chi connectivity index (χ2v) is 5.28. The van der Waals surface area contributed by atoms with Crippen LogP contribution >= 0.6 is 11.6 Å². The predicted octanol–water partition coefficient (Wildman–Crippen LogP) is 4.15. The molecule has 25 heavy (non-hydrogen) atoms. The van der Waals surface area contributed by atoms with Gasteiger partial charge < -0.3 is 4.74 Å². The van der Waals surface area contributed by atoms with E-state index < -0.39 is 17.7 Å². The summed E-state index contributed by atoms with van der Waals surface area (Å²) in [5, 5.41) is 6.33. The number of rotatable bonds is 3. The van der Waals surface area contributed by atoms with Gasteiger partial charge in [0.25, 0.3) is 0 Å². The molecule has 2 heterocycles. The lowest BCUT2D eigenvalue weighted by Gasteiger charge is -2.14. The van der Waals surface area contributed by atoms with Crippen LogP contribution in [-0.2, 0) is 6.18 Å². The molecule has 3 rings (SSSR count). The summed E-state index contributed by atoms with van der Waals surface area (Å²) in [5.74, 6) is -0.603. The van der Waals surface area contributed by atoms with Gasteiger partial charge in [-0.1, -0.05) is 16.8 Å². The number of halogens is 5. The fourth-order valence-electron chi connectivity index (χ4n) is 2.25. The molecule has 0 fully saturated rings. The van der Waals surface area contributed by atoms with E-state index in [9.17, 15) is 17.6 Å². The summed E-state index contributed by atoms with van der Waals surface area (Å²) < 4.78 is 59.0. The highest BCUT2D eigenvalue weighted by molar-refractivity contribution is 6.31. The average molecular weight is 373 g/mol. The summed E-state index contributed by atoms with van der Waals surface area (Å²) in [6.45, 7) is 0. The fraction of sp³-hybridized carbons (Fsp3) is 0.133. The first kappa shape index (κ1) is 17.2. The first-order valence-corrected chi connectivity index (χ1v) is 7.17. The Hall–Kier alpha value is -2.68. The lowest BCUT2D eigenvalue weighted by atomic mass is 10.0. The Morgan fingerprint density at radius 2 is 1.96 bits per heavy atom. The molecule has 0 amide bonds. The van der Waals surface area contributed by atoms with Crippen LogP contribution in [0.15, 0.2) is 36.8 Å². The summed E-state index contributed by atoms with van der Waals surface area (Å²) in [4.78, 5) is 3.87. The smallest absolute Gasteiger partial charge is 0.436 e. The highest BCUT2D eigenvalue weighted by Gasteiger charge is 2.35. The number of pyridine rings is 1. The third-order valence-corrected chi connectivity index (χ3v) is 3.67. The van der Waals surface area contributed by atoms with Crippen LogP contribution in [0.3, 0.4) is 0 Å². The molecule has 0 saturated heterocycles. The third kappa shape index (κ3) is 3.14. The van der Waals surface area contributed by atoms with E-state index in [1.807, 2.05) is 0 Å². The van der Waals surface area contributed by atoms with Crippen LogP contribution in [0, 0.1) is 5.82 Å². The van der Waals surface area contributed by atoms with Gasteiger partial charge in [0.15, 0.2) is 11.5 Å². The van der Waals surface area contributed by atoms with Gasteiger partial charge in [0.05, 0.1) is 30.2 Å². The molecule has 2 aromatic heterocycles. The summed E-state index contributed by atoms with van der Waals surface area (Å²) >= 11 is 5.84. The van der Waals surface area contributed by atoms with Crippen molar-refractivity contribution in [1.82, 2.24) is 20.0 Å². The maximum absolute atomic E-state index is 14.7. The Morgan fingerprint density at radius 1 is 1.20 bits per heavy atom. The number of aromatic nitrogens is 4. The van der Waals surface area contributed by atoms with Crippen LogP contribution in [0.2, 0.25) is 5.02 Å². The van der Waals surface area contributed by atoms with E-state index in [0.29, 0.717) is 6.20 Å². The molecule has 0 saturated carbocycles. The van der Waals surface area contributed by atoms with Crippen molar-refractivity contribution < 1.29 is 22.3 Å². The summed E-state index contributed by atoms with van der Waals surface area (Å²) in [5.41, 5.74) is -0.994. The predicted molar refractivity (Wildman–Crippen MR) is 81.1 cm³/mol. The topological polar surface area (TPSA) is 52.8 Å². The third-order valence-electron chi connectivity index (χ3n) is 3.38. The van der Waals surface area contributed by atoms with E-state index >= 15 is 0 Å². The van der Waals surface area contributed by atoms with E-state index in [1.165, 1.54) is 37.7 Å². The Balaban J connectivity index is 2.25. The van der Waals surface area contributed by atoms with Gasteiger partial charge in [-0.05, 0) is 18.2 Å². The molecular formula is C15H9ClF4N4O. The van der Waals surface area contributed by atoms with Crippen molar-refractivity contribution in [2.45, 2.75) is 6.18 Å². The van der Waals surface area contributed by atoms with Gasteiger partial charge >= 0.3 is 6.18 Å². The van der Waals surface area contributed by atoms with Crippen molar-refractivity contribution >= 4 is 11.6 Å². The molecule has 0 aliphatic carbocycles. The molecule has 5 nitrogen and oxygen atoms in total. The molecule has 0 bridgehead atoms. The van der Waals surface area contributed by atoms with Crippen LogP contribution < -0.4 is 4.74 Å². The average Bonchev–Trinajstić information content (AvgIpc) is 3.07. The van der Waals surface area contributed by atoms with Gasteiger partial charge in [-0.15, -0.1) is 5.10 Å². The Morgan fingerprint density at radius 3 is 2.60 bits per heavy atom. The largest absolute Gasteiger partial charge is 0.494 e. The summed E-state index contributed by atoms with van der Waals surface area (Å²) in [6.07, 6.45) is -1.26. The van der Waals surface area contributed by atoms with Gasteiger partial charge in [0.2, 0.25) is 0 Å². The van der Waals surface area contributed by atoms with Gasteiger partial charge in [-0.25, -0.2) is 9.07 Å². The Labute approximate surface area is 143 Å². The van der Waals surface area contributed by atoms with Crippen LogP contribution in [0.1, 0.15) is 5.69 Å². The zero-order valence-electron chi connectivity index (χ0n) is 12.6. The molecule has 0 radical (unpaired) electrons. The van der Waals surface area contributed by atoms with Gasteiger partial charge in [-0.2, -0.15) is 13.2 Å². The Bertz CT molecular complexity index is 926. The lowest BCUT2D eigenvalue weighted by Crippen LogP contribution is -2.05. The van der Waals surface area contributed by atoms with Gasteiger partial charge in [0.1, 0.15) is 5.75 Å². The van der Waals surface area contributed by atoms with Crippen LogP contribution in [0.25, 0.3) is 16.8 Å². The number of ether oxygens (including phenoxy) is 1. The second-order valence-electron chi connectivity index (χ2n) is 4.88. The molecule has 0 aliphatic heterocycles. The molecule has 0 spiro atoms. The zero-order valence-corrected chi connectivity index (χ0v) is 13.3. The lowest BCUT2D eigenvalue weighted by molar-refractivity contribution is -0.141. The van der Waals surface area contributed by atoms with Crippen molar-refractivity contribution in [3.05, 3.63) is 53.3 Å². The quantitative estimate of drug-likeness (QED) is 0.648. The minimum absolute atomic E-state index is 0.0226. The normalized spacial score (nSPS) is 11.6. The van der Waals surface area contributed by atoms with E-state index in [2.05, 4.69) is 15.3 Å². The molecule has 0 N–H and O–H groups in total. The SMILES string of the molecule is COc1cnccc1-c1c(-n2cc(C(F)(F)F)nn2)ccc(Cl)c1F. The van der Waals surface area contributed by atoms with Crippen LogP contribution in [0.4, 0.5) is 17.6 Å². The molecule has 0 atom stereocenters. The van der Waals surface area contributed by atoms with E-state index in [1.54, 1.807) is 0 Å². The molecule has 1 aromatic carbocycles. The first-order valence-electron chi connectivity index (χ1n) is 6.79. The number of alkyl halides is 3. The maximum atomic E-state index is 14.7. The fourth-order valence-corrected chi connectivity index (χ4v) is 2.41. The van der Waals surface area contributed by atoms with E-state index in [4.69, 9.17) is 16.3 Å². The van der Waals surface area contributed by atoms with Crippen molar-refractivity contribution in [3.63, 3.8) is 0 Å². The highest BCUT2D eigenvalue weighted by Crippen LogP contribution is 2.38. The monoisotopic (exact) mass is 372 g/mol. The first-order chi connectivity index (χ1) is 11.8. The zero-order chi connectivity index (χ0) is 18.2. The molecule has 0 aliphatic rings. The number of methoxy groups -OCH3 is 1. The minimum Gasteiger partial charge on any atom is -0.494 e. The molecular weight excluding hydrogens is 364 g/mol.